The molecule has 0 aliphatic heterocycles. The van der Waals surface area contributed by atoms with E-state index in [1.165, 1.54) is 44.9 Å². The maximum absolute atomic E-state index is 10.2. The summed E-state index contributed by atoms with van der Waals surface area (Å²) in [6, 6.07) is 6.35. The third-order valence-electron chi connectivity index (χ3n) is 4.73. The number of ether oxygens (including phenoxy) is 2. The molecule has 0 spiro atoms. The fraction of sp³-hybridized carbons (Fsp3) is 0.619. The molecule has 2 N–H and O–H groups in total. The van der Waals surface area contributed by atoms with Gasteiger partial charge in [0.05, 0.1) is 7.11 Å². The highest BCUT2D eigenvalue weighted by molar-refractivity contribution is 5.55. The van der Waals surface area contributed by atoms with Crippen molar-refractivity contribution in [2.45, 2.75) is 64.0 Å². The summed E-state index contributed by atoms with van der Waals surface area (Å²) in [6.45, 7) is 2.82. The van der Waals surface area contributed by atoms with E-state index < -0.39 is 6.10 Å². The van der Waals surface area contributed by atoms with Crippen molar-refractivity contribution in [2.75, 3.05) is 20.3 Å². The largest absolute Gasteiger partial charge is 0.493 e. The molecule has 1 aromatic carbocycles. The summed E-state index contributed by atoms with van der Waals surface area (Å²) in [5.74, 6) is 1.36. The van der Waals surface area contributed by atoms with Crippen LogP contribution in [0, 0.1) is 0 Å². The lowest BCUT2D eigenvalue weighted by atomic mass is 9.96. The number of allylic oxidation sites excluding steroid dienone is 1. The fourth-order valence-electron chi connectivity index (χ4n) is 3.31. The summed E-state index contributed by atoms with van der Waals surface area (Å²) in [5.41, 5.74) is 1.07. The molecule has 1 unspecified atom stereocenters. The molecule has 1 aliphatic rings. The van der Waals surface area contributed by atoms with Crippen molar-refractivity contribution in [3.8, 4) is 11.5 Å². The van der Waals surface area contributed by atoms with E-state index in [0.717, 1.165) is 5.56 Å². The van der Waals surface area contributed by atoms with E-state index in [2.05, 4.69) is 5.32 Å². The van der Waals surface area contributed by atoms with Gasteiger partial charge in [0.1, 0.15) is 12.7 Å². The van der Waals surface area contributed by atoms with Crippen molar-refractivity contribution in [3.63, 3.8) is 0 Å². The van der Waals surface area contributed by atoms with Crippen molar-refractivity contribution >= 4 is 6.08 Å². The zero-order chi connectivity index (χ0) is 17.9. The monoisotopic (exact) mass is 347 g/mol. The third kappa shape index (κ3) is 7.09. The van der Waals surface area contributed by atoms with Crippen molar-refractivity contribution in [3.05, 3.63) is 29.8 Å². The lowest BCUT2D eigenvalue weighted by Gasteiger charge is -2.23. The molecule has 0 saturated heterocycles. The predicted octanol–water partition coefficient (Wildman–Crippen LogP) is 4.17. The van der Waals surface area contributed by atoms with Crippen LogP contribution in [0.1, 0.15) is 57.4 Å². The van der Waals surface area contributed by atoms with E-state index >= 15 is 0 Å². The number of nitrogens with one attached hydrogen (secondary N) is 1. The number of aliphatic hydroxyl groups is 1. The van der Waals surface area contributed by atoms with Crippen LogP contribution in [0.25, 0.3) is 6.08 Å². The third-order valence-corrected chi connectivity index (χ3v) is 4.73. The number of hydrogen-bond donors (Lipinski definition) is 2. The highest BCUT2D eigenvalue weighted by Gasteiger charge is 2.14. The van der Waals surface area contributed by atoms with Crippen LogP contribution in [0.3, 0.4) is 0 Å². The molecule has 2 rings (SSSR count). The van der Waals surface area contributed by atoms with Crippen LogP contribution >= 0.6 is 0 Å². The number of aliphatic hydroxyl groups excluding tert-OH is 1. The molecule has 1 aromatic rings. The molecule has 140 valence electrons. The summed E-state index contributed by atoms with van der Waals surface area (Å²) in [7, 11) is 1.63. The second kappa shape index (κ2) is 11.2. The summed E-state index contributed by atoms with van der Waals surface area (Å²) >= 11 is 0. The van der Waals surface area contributed by atoms with Crippen molar-refractivity contribution in [2.24, 2.45) is 0 Å². The summed E-state index contributed by atoms with van der Waals surface area (Å²) < 4.78 is 11.2. The Morgan fingerprint density at radius 2 is 1.88 bits per heavy atom. The number of rotatable bonds is 8. The van der Waals surface area contributed by atoms with Gasteiger partial charge < -0.3 is 19.9 Å². The van der Waals surface area contributed by atoms with Gasteiger partial charge in [-0.15, -0.1) is 0 Å². The average Bonchev–Trinajstić information content (AvgIpc) is 2.59. The minimum Gasteiger partial charge on any atom is -0.493 e. The lowest BCUT2D eigenvalue weighted by molar-refractivity contribution is 0.101. The van der Waals surface area contributed by atoms with Gasteiger partial charge in [0.15, 0.2) is 11.5 Å². The Bertz CT molecular complexity index is 522. The Hall–Kier alpha value is -1.52. The number of hydrogen-bond acceptors (Lipinski definition) is 4. The average molecular weight is 347 g/mol. The standard InChI is InChI=1S/C21H33NO3/c1-3-9-17-12-13-20(21(14-17)24-2)25-16-19(23)15-22-18-10-7-5-4-6-8-11-18/h3,9,12-14,18-19,22-23H,4-8,10-11,15-16H2,1-2H3/b9-3+. The second-order valence-electron chi connectivity index (χ2n) is 6.83. The summed E-state index contributed by atoms with van der Waals surface area (Å²) in [6.07, 6.45) is 12.5. The summed E-state index contributed by atoms with van der Waals surface area (Å²) in [5, 5.41) is 13.7. The first-order valence-electron chi connectivity index (χ1n) is 9.58. The summed E-state index contributed by atoms with van der Waals surface area (Å²) in [4.78, 5) is 0. The molecule has 0 radical (unpaired) electrons. The Kier molecular flexibility index (Phi) is 8.84. The molecule has 1 saturated carbocycles. The second-order valence-corrected chi connectivity index (χ2v) is 6.83. The normalized spacial score (nSPS) is 17.9. The van der Waals surface area contributed by atoms with Crippen LogP contribution in [-0.2, 0) is 0 Å². The topological polar surface area (TPSA) is 50.7 Å². The molecule has 1 atom stereocenters. The van der Waals surface area contributed by atoms with Crippen molar-refractivity contribution in [1.29, 1.82) is 0 Å². The molecule has 1 aliphatic carbocycles. The van der Waals surface area contributed by atoms with Crippen LogP contribution in [0.5, 0.6) is 11.5 Å². The van der Waals surface area contributed by atoms with Crippen molar-refractivity contribution < 1.29 is 14.6 Å². The zero-order valence-electron chi connectivity index (χ0n) is 15.7. The van der Waals surface area contributed by atoms with Crippen LogP contribution in [0.4, 0.5) is 0 Å². The highest BCUT2D eigenvalue weighted by atomic mass is 16.5. The maximum atomic E-state index is 10.2. The zero-order valence-corrected chi connectivity index (χ0v) is 15.7. The molecule has 4 nitrogen and oxygen atoms in total. The van der Waals surface area contributed by atoms with Gasteiger partial charge in [0.2, 0.25) is 0 Å². The fourth-order valence-corrected chi connectivity index (χ4v) is 3.31. The molecule has 0 aromatic heterocycles. The molecular weight excluding hydrogens is 314 g/mol. The van der Waals surface area contributed by atoms with Gasteiger partial charge in [-0.1, -0.05) is 50.3 Å². The smallest absolute Gasteiger partial charge is 0.161 e. The predicted molar refractivity (Wildman–Crippen MR) is 103 cm³/mol. The van der Waals surface area contributed by atoms with Gasteiger partial charge in [-0.25, -0.2) is 0 Å². The SMILES string of the molecule is C/C=C/c1ccc(OCC(O)CNC2CCCCCCC2)c(OC)c1. The molecule has 4 heteroatoms. The first kappa shape index (κ1) is 19.8. The van der Waals surface area contributed by atoms with E-state index in [1.807, 2.05) is 37.3 Å². The molecule has 0 heterocycles. The van der Waals surface area contributed by atoms with Gasteiger partial charge in [-0.05, 0) is 37.5 Å². The van der Waals surface area contributed by atoms with Gasteiger partial charge >= 0.3 is 0 Å². The first-order chi connectivity index (χ1) is 12.2. The minimum atomic E-state index is -0.523. The van der Waals surface area contributed by atoms with E-state index in [4.69, 9.17) is 9.47 Å². The molecule has 0 bridgehead atoms. The highest BCUT2D eigenvalue weighted by Crippen LogP contribution is 2.28. The number of benzene rings is 1. The van der Waals surface area contributed by atoms with Crippen molar-refractivity contribution in [1.82, 2.24) is 5.32 Å². The lowest BCUT2D eigenvalue weighted by Crippen LogP contribution is -2.38. The number of methoxy groups -OCH3 is 1. The molecule has 25 heavy (non-hydrogen) atoms. The Morgan fingerprint density at radius 3 is 2.56 bits per heavy atom. The van der Waals surface area contributed by atoms with Crippen LogP contribution in [0.2, 0.25) is 0 Å². The minimum absolute atomic E-state index is 0.263. The van der Waals surface area contributed by atoms with E-state index in [0.29, 0.717) is 24.1 Å². The quantitative estimate of drug-likeness (QED) is 0.741. The first-order valence-corrected chi connectivity index (χ1v) is 9.58. The Labute approximate surface area is 152 Å². The molecule has 1 fully saturated rings. The van der Waals surface area contributed by atoms with Crippen LogP contribution < -0.4 is 14.8 Å². The Balaban J connectivity index is 1.78. The van der Waals surface area contributed by atoms with Crippen LogP contribution in [0.15, 0.2) is 24.3 Å². The van der Waals surface area contributed by atoms with Gasteiger partial charge in [0.25, 0.3) is 0 Å². The van der Waals surface area contributed by atoms with E-state index in [1.54, 1.807) is 7.11 Å². The maximum Gasteiger partial charge on any atom is 0.161 e. The van der Waals surface area contributed by atoms with E-state index in [9.17, 15) is 5.11 Å². The molecular formula is C21H33NO3. The van der Waals surface area contributed by atoms with Gasteiger partial charge in [-0.2, -0.15) is 0 Å². The van der Waals surface area contributed by atoms with Gasteiger partial charge in [-0.3, -0.25) is 0 Å². The van der Waals surface area contributed by atoms with Crippen LogP contribution in [-0.4, -0.2) is 37.5 Å². The Morgan fingerprint density at radius 1 is 1.16 bits per heavy atom. The van der Waals surface area contributed by atoms with E-state index in [-0.39, 0.29) is 6.61 Å². The van der Waals surface area contributed by atoms with Gasteiger partial charge in [0, 0.05) is 12.6 Å². The molecule has 0 amide bonds.